The number of esters is 3. The molecule has 0 fully saturated rings. The second kappa shape index (κ2) is 55.9. The van der Waals surface area contributed by atoms with Crippen molar-refractivity contribution in [1.29, 1.82) is 0 Å². The fourth-order valence-corrected chi connectivity index (χ4v) is 6.70. The standard InChI is InChI=1S/C63H98O6/c1-4-7-10-13-16-19-22-25-28-30-31-33-35-38-41-44-47-50-53-56-62(65)68-59-60(58-67-61(64)55-52-49-46-43-40-37-34-27-24-21-18-15-12-9-6-3)69-63(66)57-54-51-48-45-42-39-36-32-29-26-23-20-17-14-11-8-5-2/h8,11,16-21,25-29,31,33-34,36,38-41,43,45,48,60H,4-7,9-10,12-15,22-24,30,32,35,37,42,44,46-47,49-59H2,1-3H3/b11-8-,19-16-,20-17-,21-18-,28-25-,29-26-,33-31-,34-27-,39-36-,41-38-,43-40-,48-45-/t60-/m0/s1. The van der Waals surface area contributed by atoms with E-state index in [1.807, 2.05) is 0 Å². The number of carbonyl (C=O) groups is 3. The van der Waals surface area contributed by atoms with Gasteiger partial charge < -0.3 is 14.2 Å². The molecule has 0 spiro atoms. The highest BCUT2D eigenvalue weighted by Crippen LogP contribution is 2.10. The lowest BCUT2D eigenvalue weighted by atomic mass is 10.1. The van der Waals surface area contributed by atoms with Gasteiger partial charge in [-0.1, -0.05) is 199 Å². The summed E-state index contributed by atoms with van der Waals surface area (Å²) in [5, 5.41) is 0. The van der Waals surface area contributed by atoms with Gasteiger partial charge in [-0.2, -0.15) is 0 Å². The second-order valence-electron chi connectivity index (χ2n) is 17.4. The van der Waals surface area contributed by atoms with Crippen molar-refractivity contribution in [3.8, 4) is 0 Å². The van der Waals surface area contributed by atoms with E-state index in [0.29, 0.717) is 19.3 Å². The fourth-order valence-electron chi connectivity index (χ4n) is 6.70. The predicted octanol–water partition coefficient (Wildman–Crippen LogP) is 18.4. The first-order valence-electron chi connectivity index (χ1n) is 27.3. The van der Waals surface area contributed by atoms with Crippen LogP contribution in [-0.2, 0) is 28.6 Å². The molecule has 0 aliphatic rings. The molecule has 0 rings (SSSR count). The molecule has 0 saturated carbocycles. The molecule has 0 N–H and O–H groups in total. The van der Waals surface area contributed by atoms with Gasteiger partial charge in [0.05, 0.1) is 0 Å². The van der Waals surface area contributed by atoms with Gasteiger partial charge in [0, 0.05) is 19.3 Å². The molecule has 0 aromatic rings. The number of carbonyl (C=O) groups excluding carboxylic acids is 3. The third-order valence-electron chi connectivity index (χ3n) is 10.8. The highest BCUT2D eigenvalue weighted by atomic mass is 16.6. The third kappa shape index (κ3) is 54.1. The van der Waals surface area contributed by atoms with Crippen LogP contribution in [0.1, 0.15) is 213 Å². The zero-order chi connectivity index (χ0) is 50.0. The summed E-state index contributed by atoms with van der Waals surface area (Å²) in [5.74, 6) is -1.07. The van der Waals surface area contributed by atoms with Gasteiger partial charge in [0.2, 0.25) is 0 Å². The first-order chi connectivity index (χ1) is 34.0. The van der Waals surface area contributed by atoms with Crippen LogP contribution in [0.3, 0.4) is 0 Å². The molecule has 0 saturated heterocycles. The van der Waals surface area contributed by atoms with E-state index in [-0.39, 0.29) is 38.0 Å². The van der Waals surface area contributed by atoms with Crippen LogP contribution in [0.2, 0.25) is 0 Å². The summed E-state index contributed by atoms with van der Waals surface area (Å²) >= 11 is 0. The first kappa shape index (κ1) is 64.3. The number of allylic oxidation sites excluding steroid dienone is 24. The van der Waals surface area contributed by atoms with E-state index in [1.165, 1.54) is 51.4 Å². The third-order valence-corrected chi connectivity index (χ3v) is 10.8. The lowest BCUT2D eigenvalue weighted by Gasteiger charge is -2.18. The Bertz CT molecular complexity index is 1560. The number of rotatable bonds is 47. The van der Waals surface area contributed by atoms with Crippen molar-refractivity contribution in [1.82, 2.24) is 0 Å². The van der Waals surface area contributed by atoms with Crippen LogP contribution < -0.4 is 0 Å². The van der Waals surface area contributed by atoms with E-state index in [2.05, 4.69) is 167 Å². The Balaban J connectivity index is 4.63. The van der Waals surface area contributed by atoms with E-state index in [0.717, 1.165) is 109 Å². The molecule has 69 heavy (non-hydrogen) atoms. The molecular weight excluding hydrogens is 853 g/mol. The molecule has 0 aromatic heterocycles. The van der Waals surface area contributed by atoms with Crippen molar-refractivity contribution >= 4 is 17.9 Å². The number of hydrogen-bond acceptors (Lipinski definition) is 6. The maximum absolute atomic E-state index is 12.8. The average Bonchev–Trinajstić information content (AvgIpc) is 3.35. The predicted molar refractivity (Wildman–Crippen MR) is 297 cm³/mol. The maximum atomic E-state index is 12.8. The molecule has 0 aliphatic carbocycles. The summed E-state index contributed by atoms with van der Waals surface area (Å²) in [6, 6.07) is 0. The van der Waals surface area contributed by atoms with Gasteiger partial charge in [-0.25, -0.2) is 0 Å². The van der Waals surface area contributed by atoms with Crippen molar-refractivity contribution in [3.63, 3.8) is 0 Å². The molecule has 0 bridgehead atoms. The van der Waals surface area contributed by atoms with Crippen molar-refractivity contribution < 1.29 is 28.6 Å². The van der Waals surface area contributed by atoms with E-state index in [9.17, 15) is 14.4 Å². The van der Waals surface area contributed by atoms with Crippen LogP contribution in [0.5, 0.6) is 0 Å². The van der Waals surface area contributed by atoms with Gasteiger partial charge in [-0.05, 0) is 141 Å². The lowest BCUT2D eigenvalue weighted by molar-refractivity contribution is -0.167. The normalized spacial score (nSPS) is 13.3. The molecule has 0 amide bonds. The lowest BCUT2D eigenvalue weighted by Crippen LogP contribution is -2.30. The van der Waals surface area contributed by atoms with Crippen LogP contribution in [-0.4, -0.2) is 37.2 Å². The van der Waals surface area contributed by atoms with Crippen LogP contribution in [0.15, 0.2) is 146 Å². The maximum Gasteiger partial charge on any atom is 0.306 e. The molecule has 386 valence electrons. The topological polar surface area (TPSA) is 78.9 Å². The highest BCUT2D eigenvalue weighted by molar-refractivity contribution is 5.71. The quantitative estimate of drug-likeness (QED) is 0.0262. The molecule has 6 heteroatoms. The Labute approximate surface area is 423 Å². The van der Waals surface area contributed by atoms with Gasteiger partial charge in [-0.15, -0.1) is 0 Å². The summed E-state index contributed by atoms with van der Waals surface area (Å²) in [4.78, 5) is 38.1. The molecule has 6 nitrogen and oxygen atoms in total. The smallest absolute Gasteiger partial charge is 0.306 e. The van der Waals surface area contributed by atoms with Crippen molar-refractivity contribution in [2.24, 2.45) is 0 Å². The summed E-state index contributed by atoms with van der Waals surface area (Å²) in [6.07, 6.45) is 79.8. The highest BCUT2D eigenvalue weighted by Gasteiger charge is 2.19. The minimum atomic E-state index is -0.843. The van der Waals surface area contributed by atoms with Crippen molar-refractivity contribution in [3.05, 3.63) is 146 Å². The number of unbranched alkanes of at least 4 members (excludes halogenated alkanes) is 12. The van der Waals surface area contributed by atoms with Crippen molar-refractivity contribution in [2.45, 2.75) is 219 Å². The van der Waals surface area contributed by atoms with Gasteiger partial charge in [0.1, 0.15) is 13.2 Å². The molecule has 0 heterocycles. The first-order valence-corrected chi connectivity index (χ1v) is 27.3. The van der Waals surface area contributed by atoms with Crippen LogP contribution in [0.4, 0.5) is 0 Å². The minimum Gasteiger partial charge on any atom is -0.462 e. The van der Waals surface area contributed by atoms with Gasteiger partial charge in [0.15, 0.2) is 6.10 Å². The summed E-state index contributed by atoms with van der Waals surface area (Å²) in [7, 11) is 0. The van der Waals surface area contributed by atoms with Gasteiger partial charge >= 0.3 is 17.9 Å². The van der Waals surface area contributed by atoms with Gasteiger partial charge in [0.25, 0.3) is 0 Å². The van der Waals surface area contributed by atoms with Crippen molar-refractivity contribution in [2.75, 3.05) is 13.2 Å². The van der Waals surface area contributed by atoms with Crippen LogP contribution in [0.25, 0.3) is 0 Å². The van der Waals surface area contributed by atoms with Gasteiger partial charge in [-0.3, -0.25) is 14.4 Å². The average molecular weight is 951 g/mol. The van der Waals surface area contributed by atoms with Crippen LogP contribution >= 0.6 is 0 Å². The largest absolute Gasteiger partial charge is 0.462 e. The second-order valence-corrected chi connectivity index (χ2v) is 17.4. The number of hydrogen-bond donors (Lipinski definition) is 0. The van der Waals surface area contributed by atoms with E-state index in [4.69, 9.17) is 14.2 Å². The van der Waals surface area contributed by atoms with E-state index < -0.39 is 12.1 Å². The minimum absolute atomic E-state index is 0.136. The summed E-state index contributed by atoms with van der Waals surface area (Å²) in [6.45, 7) is 6.34. The van der Waals surface area contributed by atoms with Crippen LogP contribution in [0, 0.1) is 0 Å². The number of ether oxygens (including phenoxy) is 3. The Morgan fingerprint density at radius 2 is 0.580 bits per heavy atom. The molecule has 0 radical (unpaired) electrons. The molecule has 0 aliphatic heterocycles. The summed E-state index contributed by atoms with van der Waals surface area (Å²) in [5.41, 5.74) is 0. The summed E-state index contributed by atoms with van der Waals surface area (Å²) < 4.78 is 16.7. The van der Waals surface area contributed by atoms with E-state index in [1.54, 1.807) is 0 Å². The Morgan fingerprint density at radius 1 is 0.304 bits per heavy atom. The monoisotopic (exact) mass is 951 g/mol. The zero-order valence-electron chi connectivity index (χ0n) is 44.0. The molecular formula is C63H98O6. The molecule has 1 atom stereocenters. The SMILES string of the molecule is CC/C=C\C/C=C\C/C=C\C/C=C\C/C=C\CCCC(=O)O[C@@H](COC(=O)CCCC/C=C\C/C=C\C/C=C\CCCCC)COC(=O)CCCCC/C=C\C/C=C\C/C=C\C/C=C\CCCCC. The fraction of sp³-hybridized carbons (Fsp3) is 0.571. The zero-order valence-corrected chi connectivity index (χ0v) is 44.0. The molecule has 0 unspecified atom stereocenters. The Morgan fingerprint density at radius 3 is 0.928 bits per heavy atom. The Kier molecular flexibility index (Phi) is 52.1. The Hall–Kier alpha value is -4.71. The van der Waals surface area contributed by atoms with E-state index >= 15 is 0 Å². The molecule has 0 aromatic carbocycles.